The molecule has 2 N–H and O–H groups in total. The molecule has 9 heavy (non-hydrogen) atoms. The third kappa shape index (κ3) is 5.17. The molecule has 0 aromatic rings. The van der Waals surface area contributed by atoms with Crippen molar-refractivity contribution in [3.05, 3.63) is 0 Å². The maximum absolute atomic E-state index is 10.6. The minimum absolute atomic E-state index is 0.0389. The van der Waals surface area contributed by atoms with Crippen LogP contribution in [0, 0.1) is 0 Å². The van der Waals surface area contributed by atoms with Gasteiger partial charge in [-0.2, -0.15) is 0 Å². The summed E-state index contributed by atoms with van der Waals surface area (Å²) in [6.07, 6.45) is 0.358. The quantitative estimate of drug-likeness (QED) is 0.538. The third-order valence-corrected chi connectivity index (χ3v) is 0.869. The fourth-order valence-electron chi connectivity index (χ4n) is 0.527. The van der Waals surface area contributed by atoms with E-state index >= 15 is 0 Å². The van der Waals surface area contributed by atoms with Crippen LogP contribution in [0.25, 0.3) is 0 Å². The summed E-state index contributed by atoms with van der Waals surface area (Å²) in [4.78, 5) is 20.8. The smallest absolute Gasteiger partial charge is 0.141 e. The van der Waals surface area contributed by atoms with Gasteiger partial charge in [0.05, 0.1) is 6.42 Å². The molecule has 0 bridgehead atoms. The normalized spacial score (nSPS) is 9.11. The highest BCUT2D eigenvalue weighted by Gasteiger charge is 2.02. The fraction of sp³-hybridized carbons (Fsp3) is 0.667. The molecule has 0 amide bonds. The molecule has 0 saturated heterocycles. The molecule has 3 heteroatoms. The largest absolute Gasteiger partial charge is 0.330 e. The van der Waals surface area contributed by atoms with E-state index in [1.54, 1.807) is 0 Å². The summed E-state index contributed by atoms with van der Waals surface area (Å²) in [6, 6.07) is 0. The van der Waals surface area contributed by atoms with Crippen LogP contribution in [0.4, 0.5) is 0 Å². The van der Waals surface area contributed by atoms with E-state index in [2.05, 4.69) is 0 Å². The molecule has 0 aromatic carbocycles. The summed E-state index contributed by atoms with van der Waals surface area (Å²) in [7, 11) is 0. The van der Waals surface area contributed by atoms with Crippen LogP contribution in [0.3, 0.4) is 0 Å². The van der Waals surface area contributed by atoms with Crippen LogP contribution in [0.2, 0.25) is 0 Å². The fourth-order valence-corrected chi connectivity index (χ4v) is 0.527. The van der Waals surface area contributed by atoms with Crippen LogP contribution in [0.1, 0.15) is 19.8 Å². The van der Waals surface area contributed by atoms with Crippen molar-refractivity contribution in [3.63, 3.8) is 0 Å². The van der Waals surface area contributed by atoms with Gasteiger partial charge in [0.25, 0.3) is 0 Å². The van der Waals surface area contributed by atoms with Crippen molar-refractivity contribution in [1.29, 1.82) is 0 Å². The Labute approximate surface area is 54.2 Å². The number of carbonyl (C=O) groups excluding carboxylic acids is 2. The number of ketones is 2. The van der Waals surface area contributed by atoms with Crippen molar-refractivity contribution >= 4 is 11.6 Å². The van der Waals surface area contributed by atoms with E-state index in [9.17, 15) is 9.59 Å². The molecule has 52 valence electrons. The van der Waals surface area contributed by atoms with E-state index in [-0.39, 0.29) is 18.0 Å². The first-order chi connectivity index (χ1) is 4.16. The van der Waals surface area contributed by atoms with Crippen LogP contribution >= 0.6 is 0 Å². The molecular weight excluding hydrogens is 118 g/mol. The predicted molar refractivity (Wildman–Crippen MR) is 34.0 cm³/mol. The van der Waals surface area contributed by atoms with Crippen molar-refractivity contribution in [1.82, 2.24) is 0 Å². The minimum atomic E-state index is -0.0894. The lowest BCUT2D eigenvalue weighted by atomic mass is 10.2. The Balaban J connectivity index is 3.39. The Morgan fingerprint density at radius 3 is 2.33 bits per heavy atom. The zero-order chi connectivity index (χ0) is 7.28. The van der Waals surface area contributed by atoms with Crippen molar-refractivity contribution < 1.29 is 9.59 Å². The maximum Gasteiger partial charge on any atom is 0.141 e. The molecule has 0 aromatic heterocycles. The molecule has 0 heterocycles. The summed E-state index contributed by atoms with van der Waals surface area (Å²) >= 11 is 0. The van der Waals surface area contributed by atoms with Crippen molar-refractivity contribution in [3.8, 4) is 0 Å². The summed E-state index contributed by atoms with van der Waals surface area (Å²) in [5, 5.41) is 0. The van der Waals surface area contributed by atoms with Crippen LogP contribution in [-0.4, -0.2) is 18.1 Å². The summed E-state index contributed by atoms with van der Waals surface area (Å²) < 4.78 is 0. The number of hydrogen-bond donors (Lipinski definition) is 1. The maximum atomic E-state index is 10.6. The van der Waals surface area contributed by atoms with Crippen LogP contribution in [-0.2, 0) is 9.59 Å². The van der Waals surface area contributed by atoms with Crippen LogP contribution in [0.5, 0.6) is 0 Å². The van der Waals surface area contributed by atoms with Gasteiger partial charge in [-0.25, -0.2) is 0 Å². The topological polar surface area (TPSA) is 60.2 Å². The second-order valence-corrected chi connectivity index (χ2v) is 1.96. The molecule has 0 aliphatic carbocycles. The molecule has 3 nitrogen and oxygen atoms in total. The van der Waals surface area contributed by atoms with E-state index < -0.39 is 0 Å². The average Bonchev–Trinajstić information content (AvgIpc) is 1.63. The summed E-state index contributed by atoms with van der Waals surface area (Å²) in [5.74, 6) is -0.154. The van der Waals surface area contributed by atoms with E-state index in [1.165, 1.54) is 6.92 Å². The zero-order valence-corrected chi connectivity index (χ0v) is 5.52. The molecule has 0 saturated carbocycles. The first-order valence-electron chi connectivity index (χ1n) is 2.88. The number of nitrogens with two attached hydrogens (primary N) is 1. The van der Waals surface area contributed by atoms with Crippen molar-refractivity contribution in [2.45, 2.75) is 19.8 Å². The highest BCUT2D eigenvalue weighted by atomic mass is 16.1. The molecule has 0 rings (SSSR count). The Bertz CT molecular complexity index is 120. The van der Waals surface area contributed by atoms with Gasteiger partial charge in [0.2, 0.25) is 0 Å². The summed E-state index contributed by atoms with van der Waals surface area (Å²) in [6.45, 7) is 1.74. The Kier molecular flexibility index (Phi) is 3.88. The predicted octanol–water partition coefficient (Wildman–Crippen LogP) is -0.117. The minimum Gasteiger partial charge on any atom is -0.330 e. The van der Waals surface area contributed by atoms with Gasteiger partial charge in [0, 0.05) is 6.42 Å². The highest BCUT2D eigenvalue weighted by molar-refractivity contribution is 5.97. The van der Waals surface area contributed by atoms with Gasteiger partial charge >= 0.3 is 0 Å². The molecule has 0 radical (unpaired) electrons. The third-order valence-electron chi connectivity index (χ3n) is 0.869. The van der Waals surface area contributed by atoms with Gasteiger partial charge in [-0.05, 0) is 13.5 Å². The van der Waals surface area contributed by atoms with Gasteiger partial charge < -0.3 is 5.73 Å². The van der Waals surface area contributed by atoms with E-state index in [4.69, 9.17) is 5.73 Å². The van der Waals surface area contributed by atoms with Crippen LogP contribution in [0.15, 0.2) is 0 Å². The molecule has 0 aliphatic heterocycles. The molecule has 0 spiro atoms. The van der Waals surface area contributed by atoms with Crippen LogP contribution < -0.4 is 5.73 Å². The molecular formula is C6H11NO2. The Morgan fingerprint density at radius 1 is 1.44 bits per heavy atom. The molecule has 0 atom stereocenters. The van der Waals surface area contributed by atoms with Gasteiger partial charge in [-0.1, -0.05) is 0 Å². The lowest BCUT2D eigenvalue weighted by Gasteiger charge is -1.91. The summed E-state index contributed by atoms with van der Waals surface area (Å²) in [5.41, 5.74) is 5.07. The first kappa shape index (κ1) is 8.30. The van der Waals surface area contributed by atoms with Gasteiger partial charge in [0.15, 0.2) is 0 Å². The van der Waals surface area contributed by atoms with Gasteiger partial charge in [-0.3, -0.25) is 9.59 Å². The van der Waals surface area contributed by atoms with Crippen molar-refractivity contribution in [2.75, 3.05) is 6.54 Å². The standard InChI is InChI=1S/C6H11NO2/c1-5(8)4-6(9)2-3-7/h2-4,7H2,1H3. The van der Waals surface area contributed by atoms with E-state index in [1.807, 2.05) is 0 Å². The SMILES string of the molecule is CC(=O)CC(=O)CCN. The number of carbonyl (C=O) groups is 2. The number of rotatable bonds is 4. The number of Topliss-reactive ketones (excluding diaryl/α,β-unsaturated/α-hetero) is 2. The van der Waals surface area contributed by atoms with Gasteiger partial charge in [-0.15, -0.1) is 0 Å². The van der Waals surface area contributed by atoms with E-state index in [0.717, 1.165) is 0 Å². The first-order valence-corrected chi connectivity index (χ1v) is 2.88. The second kappa shape index (κ2) is 4.21. The Hall–Kier alpha value is -0.700. The molecule has 0 aliphatic rings. The van der Waals surface area contributed by atoms with Gasteiger partial charge in [0.1, 0.15) is 11.6 Å². The van der Waals surface area contributed by atoms with E-state index in [0.29, 0.717) is 13.0 Å². The molecule has 0 unspecified atom stereocenters. The second-order valence-electron chi connectivity index (χ2n) is 1.96. The monoisotopic (exact) mass is 129 g/mol. The average molecular weight is 129 g/mol. The zero-order valence-electron chi connectivity index (χ0n) is 5.52. The lowest BCUT2D eigenvalue weighted by molar-refractivity contribution is -0.125. The lowest BCUT2D eigenvalue weighted by Crippen LogP contribution is -2.10. The number of hydrogen-bond acceptors (Lipinski definition) is 3. The highest BCUT2D eigenvalue weighted by Crippen LogP contribution is 1.87. The Morgan fingerprint density at radius 2 is 2.00 bits per heavy atom. The molecule has 0 fully saturated rings. The van der Waals surface area contributed by atoms with Crippen molar-refractivity contribution in [2.24, 2.45) is 5.73 Å².